The summed E-state index contributed by atoms with van der Waals surface area (Å²) in [5, 5.41) is 0. The summed E-state index contributed by atoms with van der Waals surface area (Å²) >= 11 is 0. The Morgan fingerprint density at radius 2 is 1.75 bits per heavy atom. The lowest BCUT2D eigenvalue weighted by atomic mass is 10.1. The molecule has 5 nitrogen and oxygen atoms in total. The SMILES string of the molecule is O=C(OCC(=O)N1CCCCC1)c1ccc(-c2ccc(F)cc2)o1. The molecule has 1 aliphatic rings. The fraction of sp³-hybridized carbons (Fsp3) is 0.333. The first-order chi connectivity index (χ1) is 11.6. The highest BCUT2D eigenvalue weighted by atomic mass is 19.1. The summed E-state index contributed by atoms with van der Waals surface area (Å²) < 4.78 is 23.4. The molecule has 6 heteroatoms. The average Bonchev–Trinajstić information content (AvgIpc) is 3.11. The maximum atomic E-state index is 12.9. The van der Waals surface area contributed by atoms with Crippen LogP contribution in [0.2, 0.25) is 0 Å². The summed E-state index contributed by atoms with van der Waals surface area (Å²) in [4.78, 5) is 25.7. The molecule has 2 heterocycles. The van der Waals surface area contributed by atoms with Crippen molar-refractivity contribution in [1.29, 1.82) is 0 Å². The molecule has 0 bridgehead atoms. The van der Waals surface area contributed by atoms with Crippen LogP contribution in [0, 0.1) is 5.82 Å². The molecule has 0 N–H and O–H groups in total. The lowest BCUT2D eigenvalue weighted by molar-refractivity contribution is -0.135. The predicted molar refractivity (Wildman–Crippen MR) is 84.8 cm³/mol. The van der Waals surface area contributed by atoms with Crippen LogP contribution in [0.15, 0.2) is 40.8 Å². The Labute approximate surface area is 139 Å². The van der Waals surface area contributed by atoms with Crippen molar-refractivity contribution in [2.45, 2.75) is 19.3 Å². The summed E-state index contributed by atoms with van der Waals surface area (Å²) in [5.41, 5.74) is 0.653. The quantitative estimate of drug-likeness (QED) is 0.807. The first-order valence-electron chi connectivity index (χ1n) is 7.94. The van der Waals surface area contributed by atoms with E-state index in [1.807, 2.05) is 0 Å². The van der Waals surface area contributed by atoms with Gasteiger partial charge in [-0.1, -0.05) is 0 Å². The van der Waals surface area contributed by atoms with Gasteiger partial charge >= 0.3 is 5.97 Å². The van der Waals surface area contributed by atoms with Crippen LogP contribution in [0.1, 0.15) is 29.8 Å². The minimum absolute atomic E-state index is 0.0146. The van der Waals surface area contributed by atoms with Gasteiger partial charge in [0.15, 0.2) is 6.61 Å². The molecule has 3 rings (SSSR count). The second-order valence-electron chi connectivity index (χ2n) is 5.69. The molecule has 2 aromatic rings. The van der Waals surface area contributed by atoms with Gasteiger partial charge < -0.3 is 14.1 Å². The number of piperidine rings is 1. The van der Waals surface area contributed by atoms with Crippen LogP contribution in [-0.4, -0.2) is 36.5 Å². The van der Waals surface area contributed by atoms with Crippen LogP contribution >= 0.6 is 0 Å². The molecule has 24 heavy (non-hydrogen) atoms. The van der Waals surface area contributed by atoms with Crippen molar-refractivity contribution in [3.63, 3.8) is 0 Å². The third kappa shape index (κ3) is 3.82. The molecule has 0 saturated carbocycles. The van der Waals surface area contributed by atoms with Crippen LogP contribution in [0.3, 0.4) is 0 Å². The maximum Gasteiger partial charge on any atom is 0.374 e. The second-order valence-corrected chi connectivity index (χ2v) is 5.69. The van der Waals surface area contributed by atoms with Gasteiger partial charge in [0.25, 0.3) is 5.91 Å². The molecule has 126 valence electrons. The van der Waals surface area contributed by atoms with Crippen molar-refractivity contribution in [1.82, 2.24) is 4.90 Å². The van der Waals surface area contributed by atoms with Crippen molar-refractivity contribution in [3.05, 3.63) is 48.0 Å². The number of carbonyl (C=O) groups is 2. The summed E-state index contributed by atoms with van der Waals surface area (Å²) in [6.07, 6.45) is 3.10. The van der Waals surface area contributed by atoms with Gasteiger partial charge in [-0.3, -0.25) is 4.79 Å². The van der Waals surface area contributed by atoms with Gasteiger partial charge in [-0.15, -0.1) is 0 Å². The monoisotopic (exact) mass is 331 g/mol. The smallest absolute Gasteiger partial charge is 0.374 e. The minimum Gasteiger partial charge on any atom is -0.450 e. The Hall–Kier alpha value is -2.63. The van der Waals surface area contributed by atoms with Crippen LogP contribution in [0.25, 0.3) is 11.3 Å². The predicted octanol–water partition coefficient (Wildman–Crippen LogP) is 3.26. The van der Waals surface area contributed by atoms with E-state index in [-0.39, 0.29) is 24.1 Å². The normalized spacial score (nSPS) is 14.5. The van der Waals surface area contributed by atoms with E-state index in [4.69, 9.17) is 9.15 Å². The number of likely N-dealkylation sites (tertiary alicyclic amines) is 1. The molecule has 0 atom stereocenters. The third-order valence-electron chi connectivity index (χ3n) is 3.97. The number of nitrogens with zero attached hydrogens (tertiary/aromatic N) is 1. The average molecular weight is 331 g/mol. The third-order valence-corrected chi connectivity index (χ3v) is 3.97. The maximum absolute atomic E-state index is 12.9. The number of esters is 1. The van der Waals surface area contributed by atoms with Crippen LogP contribution in [0.5, 0.6) is 0 Å². The Balaban J connectivity index is 1.57. The molecule has 0 radical (unpaired) electrons. The highest BCUT2D eigenvalue weighted by molar-refractivity contribution is 5.89. The lowest BCUT2D eigenvalue weighted by Gasteiger charge is -2.26. The number of hydrogen-bond donors (Lipinski definition) is 0. The molecule has 0 spiro atoms. The zero-order valence-electron chi connectivity index (χ0n) is 13.2. The number of rotatable bonds is 4. The molecule has 1 aliphatic heterocycles. The van der Waals surface area contributed by atoms with E-state index in [2.05, 4.69) is 0 Å². The number of hydrogen-bond acceptors (Lipinski definition) is 4. The summed E-state index contributed by atoms with van der Waals surface area (Å²) in [5.74, 6) is -0.770. The Bertz CT molecular complexity index is 717. The van der Waals surface area contributed by atoms with E-state index >= 15 is 0 Å². The van der Waals surface area contributed by atoms with Gasteiger partial charge in [0.1, 0.15) is 11.6 Å². The number of halogens is 1. The van der Waals surface area contributed by atoms with Crippen LogP contribution < -0.4 is 0 Å². The van der Waals surface area contributed by atoms with Crippen molar-refractivity contribution >= 4 is 11.9 Å². The molecule has 0 aliphatic carbocycles. The summed E-state index contributed by atoms with van der Waals surface area (Å²) in [6.45, 7) is 1.14. The highest BCUT2D eigenvalue weighted by Crippen LogP contribution is 2.22. The topological polar surface area (TPSA) is 59.8 Å². The zero-order valence-corrected chi connectivity index (χ0v) is 13.2. The highest BCUT2D eigenvalue weighted by Gasteiger charge is 2.20. The number of carbonyl (C=O) groups excluding carboxylic acids is 2. The van der Waals surface area contributed by atoms with E-state index in [1.165, 1.54) is 18.2 Å². The van der Waals surface area contributed by atoms with E-state index in [0.29, 0.717) is 24.4 Å². The van der Waals surface area contributed by atoms with E-state index < -0.39 is 5.97 Å². The number of ether oxygens (including phenoxy) is 1. The molecule has 0 unspecified atom stereocenters. The Morgan fingerprint density at radius 3 is 2.46 bits per heavy atom. The number of benzene rings is 1. The van der Waals surface area contributed by atoms with Gasteiger partial charge in [0.05, 0.1) is 0 Å². The van der Waals surface area contributed by atoms with Crippen molar-refractivity contribution in [2.75, 3.05) is 19.7 Å². The first-order valence-corrected chi connectivity index (χ1v) is 7.94. The molecular formula is C18H18FNO4. The van der Waals surface area contributed by atoms with Crippen LogP contribution in [-0.2, 0) is 9.53 Å². The van der Waals surface area contributed by atoms with Gasteiger partial charge in [0, 0.05) is 18.7 Å². The lowest BCUT2D eigenvalue weighted by Crippen LogP contribution is -2.38. The van der Waals surface area contributed by atoms with Gasteiger partial charge in [-0.05, 0) is 55.7 Å². The fourth-order valence-corrected chi connectivity index (χ4v) is 2.65. The molecule has 1 saturated heterocycles. The molecule has 1 fully saturated rings. The number of furan rings is 1. The molecule has 1 amide bonds. The zero-order chi connectivity index (χ0) is 16.9. The molecular weight excluding hydrogens is 313 g/mol. The minimum atomic E-state index is -0.686. The molecule has 1 aromatic carbocycles. The van der Waals surface area contributed by atoms with Gasteiger partial charge in [-0.2, -0.15) is 0 Å². The van der Waals surface area contributed by atoms with Crippen LogP contribution in [0.4, 0.5) is 4.39 Å². The van der Waals surface area contributed by atoms with E-state index in [0.717, 1.165) is 19.3 Å². The van der Waals surface area contributed by atoms with Crippen molar-refractivity contribution < 1.29 is 23.1 Å². The van der Waals surface area contributed by atoms with Gasteiger partial charge in [0.2, 0.25) is 5.76 Å². The van der Waals surface area contributed by atoms with E-state index in [9.17, 15) is 14.0 Å². The van der Waals surface area contributed by atoms with E-state index in [1.54, 1.807) is 23.1 Å². The Morgan fingerprint density at radius 1 is 1.04 bits per heavy atom. The second kappa shape index (κ2) is 7.29. The first kappa shape index (κ1) is 16.2. The van der Waals surface area contributed by atoms with Gasteiger partial charge in [-0.25, -0.2) is 9.18 Å². The summed E-state index contributed by atoms with van der Waals surface area (Å²) in [7, 11) is 0. The van der Waals surface area contributed by atoms with Crippen molar-refractivity contribution in [2.24, 2.45) is 0 Å². The Kier molecular flexibility index (Phi) is 4.93. The standard InChI is InChI=1S/C18H18FNO4/c19-14-6-4-13(5-7-14)15-8-9-16(24-15)18(22)23-12-17(21)20-10-2-1-3-11-20/h4-9H,1-3,10-12H2. The number of amides is 1. The molecule has 1 aromatic heterocycles. The summed E-state index contributed by atoms with van der Waals surface area (Å²) in [6, 6.07) is 8.83. The van der Waals surface area contributed by atoms with Crippen molar-refractivity contribution in [3.8, 4) is 11.3 Å². The largest absolute Gasteiger partial charge is 0.450 e. The fourth-order valence-electron chi connectivity index (χ4n) is 2.65.